The third-order valence-corrected chi connectivity index (χ3v) is 5.80. The van der Waals surface area contributed by atoms with Crippen molar-refractivity contribution in [2.24, 2.45) is 0 Å². The Kier molecular flexibility index (Phi) is 8.91. The van der Waals surface area contributed by atoms with Crippen molar-refractivity contribution in [1.29, 1.82) is 0 Å². The van der Waals surface area contributed by atoms with Crippen LogP contribution in [0, 0.1) is 12.3 Å². The van der Waals surface area contributed by atoms with Gasteiger partial charge in [-0.25, -0.2) is 9.36 Å². The standard InChI is InChI=1S/C23H25F3N6O9/c1-6-7-31-16-17(28-21(27-10(2)33)29-18(16)36)32(22(31)38)19-14(39-11(3)34)8-13(41-19)15(40-12(4)35)9-30(5)20(37)23(24,25)26/h1,13-15,19H,7-9H2,2-5H3,(H2,27,28,29,33,36)/t13-,14+,15-,19+/m0/s1. The summed E-state index contributed by atoms with van der Waals surface area (Å²) in [5.41, 5.74) is -2.46. The van der Waals surface area contributed by atoms with Gasteiger partial charge in [0.05, 0.1) is 13.1 Å². The zero-order valence-electron chi connectivity index (χ0n) is 22.1. The topological polar surface area (TPSA) is 184 Å². The number of aromatic nitrogens is 4. The number of anilines is 1. The summed E-state index contributed by atoms with van der Waals surface area (Å²) >= 11 is 0. The predicted molar refractivity (Wildman–Crippen MR) is 131 cm³/mol. The van der Waals surface area contributed by atoms with Gasteiger partial charge in [0, 0.05) is 34.2 Å². The molecule has 0 aliphatic carbocycles. The van der Waals surface area contributed by atoms with Crippen molar-refractivity contribution in [3.63, 3.8) is 0 Å². The van der Waals surface area contributed by atoms with E-state index in [4.69, 9.17) is 20.6 Å². The Bertz CT molecular complexity index is 1540. The van der Waals surface area contributed by atoms with Crippen LogP contribution < -0.4 is 16.6 Å². The molecule has 0 radical (unpaired) electrons. The first kappa shape index (κ1) is 30.9. The first-order valence-corrected chi connectivity index (χ1v) is 11.8. The molecule has 1 saturated heterocycles. The van der Waals surface area contributed by atoms with Crippen LogP contribution in [0.3, 0.4) is 0 Å². The average molecular weight is 586 g/mol. The zero-order chi connectivity index (χ0) is 30.8. The van der Waals surface area contributed by atoms with E-state index in [0.717, 1.165) is 37.0 Å². The second kappa shape index (κ2) is 11.8. The van der Waals surface area contributed by atoms with Crippen LogP contribution in [-0.2, 0) is 39.9 Å². The predicted octanol–water partition coefficient (Wildman–Crippen LogP) is -0.350. The van der Waals surface area contributed by atoms with Crippen molar-refractivity contribution in [1.82, 2.24) is 24.0 Å². The smallest absolute Gasteiger partial charge is 0.458 e. The number of carbonyl (C=O) groups excluding carboxylic acids is 4. The third kappa shape index (κ3) is 6.74. The number of halogens is 3. The molecule has 4 atom stereocenters. The number of rotatable bonds is 8. The number of imidazole rings is 1. The van der Waals surface area contributed by atoms with Crippen molar-refractivity contribution in [3.8, 4) is 12.3 Å². The van der Waals surface area contributed by atoms with Crippen molar-refractivity contribution in [3.05, 3.63) is 20.8 Å². The largest absolute Gasteiger partial charge is 0.471 e. The minimum Gasteiger partial charge on any atom is -0.458 e. The van der Waals surface area contributed by atoms with E-state index in [1.807, 2.05) is 0 Å². The second-order valence-electron chi connectivity index (χ2n) is 8.99. The Hall–Kier alpha value is -4.66. The fourth-order valence-electron chi connectivity index (χ4n) is 4.34. The van der Waals surface area contributed by atoms with E-state index < -0.39 is 78.8 Å². The van der Waals surface area contributed by atoms with E-state index >= 15 is 0 Å². The van der Waals surface area contributed by atoms with Crippen LogP contribution in [0.4, 0.5) is 19.1 Å². The number of H-pyrrole nitrogens is 1. The SMILES string of the molecule is C#CCn1c(=O)n([C@@H]2O[C@H]([C@H](CN(C)C(=O)C(F)(F)F)OC(C)=O)C[C@H]2OC(C)=O)c2nc(NC(C)=O)[nH]c(=O)c21. The van der Waals surface area contributed by atoms with Crippen molar-refractivity contribution < 1.29 is 46.6 Å². The van der Waals surface area contributed by atoms with Gasteiger partial charge >= 0.3 is 29.7 Å². The van der Waals surface area contributed by atoms with Gasteiger partial charge in [0.15, 0.2) is 17.4 Å². The van der Waals surface area contributed by atoms with E-state index in [-0.39, 0.29) is 28.4 Å². The quantitative estimate of drug-likeness (QED) is 0.306. The molecule has 3 heterocycles. The molecule has 3 rings (SSSR count). The Balaban J connectivity index is 2.15. The number of aromatic amines is 1. The maximum Gasteiger partial charge on any atom is 0.471 e. The number of terminal acetylenes is 1. The maximum atomic E-state index is 13.5. The monoisotopic (exact) mass is 586 g/mol. The molecule has 0 spiro atoms. The summed E-state index contributed by atoms with van der Waals surface area (Å²) in [6, 6.07) is 0. The minimum atomic E-state index is -5.22. The zero-order valence-corrected chi connectivity index (χ0v) is 22.1. The molecule has 18 heteroatoms. The molecule has 2 aromatic rings. The van der Waals surface area contributed by atoms with Gasteiger partial charge in [0.25, 0.3) is 5.56 Å². The average Bonchev–Trinajstić information content (AvgIpc) is 3.34. The molecule has 2 aromatic heterocycles. The van der Waals surface area contributed by atoms with E-state index in [2.05, 4.69) is 21.2 Å². The number of ether oxygens (including phenoxy) is 3. The van der Waals surface area contributed by atoms with Crippen LogP contribution in [-0.4, -0.2) is 85.8 Å². The number of likely N-dealkylation sites (N-methyl/N-ethyl adjacent to an activating group) is 1. The fraction of sp³-hybridized carbons (Fsp3) is 0.522. The van der Waals surface area contributed by atoms with Crippen molar-refractivity contribution >= 4 is 40.9 Å². The van der Waals surface area contributed by atoms with Crippen LogP contribution in [0.25, 0.3) is 11.2 Å². The number of esters is 2. The summed E-state index contributed by atoms with van der Waals surface area (Å²) in [7, 11) is 0.833. The molecule has 1 aliphatic heterocycles. The van der Waals surface area contributed by atoms with E-state index in [1.54, 1.807) is 0 Å². The molecule has 0 bridgehead atoms. The summed E-state index contributed by atoms with van der Waals surface area (Å²) in [6.45, 7) is 1.98. The van der Waals surface area contributed by atoms with E-state index in [0.29, 0.717) is 0 Å². The Morgan fingerprint density at radius 1 is 1.24 bits per heavy atom. The second-order valence-corrected chi connectivity index (χ2v) is 8.99. The van der Waals surface area contributed by atoms with Gasteiger partial charge in [-0.05, 0) is 0 Å². The maximum absolute atomic E-state index is 13.5. The first-order valence-electron chi connectivity index (χ1n) is 11.8. The normalized spacial score (nSPS) is 19.3. The molecular weight excluding hydrogens is 561 g/mol. The lowest BCUT2D eigenvalue weighted by Gasteiger charge is -2.28. The number of alkyl halides is 3. The lowest BCUT2D eigenvalue weighted by Crippen LogP contribution is -2.46. The van der Waals surface area contributed by atoms with Gasteiger partial charge in [0.2, 0.25) is 11.9 Å². The number of nitrogens with one attached hydrogen (secondary N) is 2. The Morgan fingerprint density at radius 3 is 2.44 bits per heavy atom. The van der Waals surface area contributed by atoms with Crippen molar-refractivity contribution in [2.75, 3.05) is 18.9 Å². The van der Waals surface area contributed by atoms with E-state index in [1.165, 1.54) is 0 Å². The molecule has 2 N–H and O–H groups in total. The lowest BCUT2D eigenvalue weighted by molar-refractivity contribution is -0.188. The number of hydrogen-bond acceptors (Lipinski definition) is 10. The molecule has 2 amide bonds. The number of hydrogen-bond donors (Lipinski definition) is 2. The van der Waals surface area contributed by atoms with Gasteiger partial charge < -0.3 is 19.1 Å². The van der Waals surface area contributed by atoms with Gasteiger partial charge in [-0.3, -0.25) is 38.8 Å². The van der Waals surface area contributed by atoms with Crippen LogP contribution in [0.5, 0.6) is 0 Å². The van der Waals surface area contributed by atoms with Crippen molar-refractivity contribution in [2.45, 2.75) is 64.5 Å². The molecule has 0 aromatic carbocycles. The molecule has 0 saturated carbocycles. The third-order valence-electron chi connectivity index (χ3n) is 5.80. The molecule has 1 aliphatic rings. The molecular formula is C23H25F3N6O9. The Labute approximate surface area is 228 Å². The molecule has 0 unspecified atom stereocenters. The van der Waals surface area contributed by atoms with Gasteiger partial charge in [-0.1, -0.05) is 5.92 Å². The molecule has 222 valence electrons. The minimum absolute atomic E-state index is 0.275. The summed E-state index contributed by atoms with van der Waals surface area (Å²) < 4.78 is 57.0. The lowest BCUT2D eigenvalue weighted by atomic mass is 10.1. The highest BCUT2D eigenvalue weighted by atomic mass is 19.4. The molecule has 1 fully saturated rings. The number of carbonyl (C=O) groups is 4. The number of nitrogens with zero attached hydrogens (tertiary/aromatic N) is 4. The highest BCUT2D eigenvalue weighted by Crippen LogP contribution is 2.35. The first-order chi connectivity index (χ1) is 19.0. The van der Waals surface area contributed by atoms with Gasteiger partial charge in [0.1, 0.15) is 18.3 Å². The number of amides is 2. The van der Waals surface area contributed by atoms with E-state index in [9.17, 15) is 41.9 Å². The highest BCUT2D eigenvalue weighted by molar-refractivity contribution is 5.87. The van der Waals surface area contributed by atoms with Crippen LogP contribution >= 0.6 is 0 Å². The fourth-order valence-corrected chi connectivity index (χ4v) is 4.34. The highest BCUT2D eigenvalue weighted by Gasteiger charge is 2.47. The molecule has 15 nitrogen and oxygen atoms in total. The van der Waals surface area contributed by atoms with Crippen LogP contribution in [0.2, 0.25) is 0 Å². The van der Waals surface area contributed by atoms with Gasteiger partial charge in [-0.2, -0.15) is 18.2 Å². The summed E-state index contributed by atoms with van der Waals surface area (Å²) in [4.78, 5) is 80.0. The van der Waals surface area contributed by atoms with Gasteiger partial charge in [-0.15, -0.1) is 6.42 Å². The van der Waals surface area contributed by atoms with Crippen LogP contribution in [0.1, 0.15) is 33.4 Å². The summed E-state index contributed by atoms with van der Waals surface area (Å²) in [6.07, 6.45) is -5.86. The number of fused-ring (bicyclic) bond motifs is 1. The summed E-state index contributed by atoms with van der Waals surface area (Å²) in [5.74, 6) is -2.71. The Morgan fingerprint density at radius 2 is 1.90 bits per heavy atom. The molecule has 41 heavy (non-hydrogen) atoms. The van der Waals surface area contributed by atoms with Crippen LogP contribution in [0.15, 0.2) is 9.59 Å². The summed E-state index contributed by atoms with van der Waals surface area (Å²) in [5, 5.41) is 2.27.